The second-order valence-corrected chi connectivity index (χ2v) is 6.24. The van der Waals surface area contributed by atoms with Gasteiger partial charge in [-0.1, -0.05) is 60.7 Å². The maximum absolute atomic E-state index is 4.90. The second kappa shape index (κ2) is 5.93. The van der Waals surface area contributed by atoms with Crippen molar-refractivity contribution in [2.45, 2.75) is 13.8 Å². The minimum atomic E-state index is 1.04. The van der Waals surface area contributed by atoms with E-state index in [2.05, 4.69) is 86.6 Å². The fourth-order valence-electron chi connectivity index (χ4n) is 3.24. The van der Waals surface area contributed by atoms with E-state index in [1.165, 1.54) is 33.2 Å². The number of rotatable bonds is 2. The Kier molecular flexibility index (Phi) is 3.62. The maximum Gasteiger partial charge on any atom is 0.0739 e. The van der Waals surface area contributed by atoms with Gasteiger partial charge in [0.25, 0.3) is 0 Å². The monoisotopic (exact) mass is 309 g/mol. The summed E-state index contributed by atoms with van der Waals surface area (Å²) in [5.74, 6) is 0. The van der Waals surface area contributed by atoms with E-state index >= 15 is 0 Å². The summed E-state index contributed by atoms with van der Waals surface area (Å²) in [4.78, 5) is 4.90. The number of aromatic nitrogens is 1. The second-order valence-electron chi connectivity index (χ2n) is 6.24. The molecular weight excluding hydrogens is 290 g/mol. The highest BCUT2D eigenvalue weighted by atomic mass is 14.7. The third-order valence-electron chi connectivity index (χ3n) is 4.51. The van der Waals surface area contributed by atoms with Gasteiger partial charge in [0.1, 0.15) is 0 Å². The molecule has 0 radical (unpaired) electrons. The Hall–Kier alpha value is -2.93. The number of nitrogens with zero attached hydrogens (tertiary/aromatic N) is 1. The van der Waals surface area contributed by atoms with Crippen LogP contribution in [-0.4, -0.2) is 4.98 Å². The van der Waals surface area contributed by atoms with Crippen LogP contribution in [0.5, 0.6) is 0 Å². The molecule has 0 aliphatic carbocycles. The highest BCUT2D eigenvalue weighted by Gasteiger charge is 2.08. The molecule has 0 saturated heterocycles. The van der Waals surface area contributed by atoms with Gasteiger partial charge in [-0.3, -0.25) is 0 Å². The SMILES string of the molecule is Cc1ccccc1-c1cccc(-c2nc3ccccc3cc2C)c1. The summed E-state index contributed by atoms with van der Waals surface area (Å²) < 4.78 is 0. The summed E-state index contributed by atoms with van der Waals surface area (Å²) in [6.07, 6.45) is 0. The highest BCUT2D eigenvalue weighted by Crippen LogP contribution is 2.30. The fraction of sp³-hybridized carbons (Fsp3) is 0.0870. The molecule has 0 aliphatic rings. The van der Waals surface area contributed by atoms with Gasteiger partial charge in [0.05, 0.1) is 11.2 Å². The molecule has 3 aromatic carbocycles. The summed E-state index contributed by atoms with van der Waals surface area (Å²) in [7, 11) is 0. The lowest BCUT2D eigenvalue weighted by Crippen LogP contribution is -1.91. The van der Waals surface area contributed by atoms with Crippen LogP contribution in [0.3, 0.4) is 0 Å². The van der Waals surface area contributed by atoms with Gasteiger partial charge in [0.15, 0.2) is 0 Å². The van der Waals surface area contributed by atoms with E-state index in [-0.39, 0.29) is 0 Å². The molecule has 4 rings (SSSR count). The lowest BCUT2D eigenvalue weighted by Gasteiger charge is -2.11. The number of para-hydroxylation sites is 1. The van der Waals surface area contributed by atoms with E-state index in [9.17, 15) is 0 Å². The highest BCUT2D eigenvalue weighted by molar-refractivity contribution is 5.84. The molecule has 1 heteroatoms. The van der Waals surface area contributed by atoms with Crippen LogP contribution in [0.1, 0.15) is 11.1 Å². The smallest absolute Gasteiger partial charge is 0.0739 e. The molecule has 1 aromatic heterocycles. The Morgan fingerprint density at radius 3 is 2.25 bits per heavy atom. The number of aryl methyl sites for hydroxylation is 2. The van der Waals surface area contributed by atoms with E-state index < -0.39 is 0 Å². The van der Waals surface area contributed by atoms with Crippen molar-refractivity contribution in [1.29, 1.82) is 0 Å². The number of hydrogen-bond donors (Lipinski definition) is 0. The van der Waals surface area contributed by atoms with E-state index in [4.69, 9.17) is 4.98 Å². The number of fused-ring (bicyclic) bond motifs is 1. The maximum atomic E-state index is 4.90. The topological polar surface area (TPSA) is 12.9 Å². The molecular formula is C23H19N. The Labute approximate surface area is 142 Å². The van der Waals surface area contributed by atoms with Crippen LogP contribution in [0.4, 0.5) is 0 Å². The Balaban J connectivity index is 1.87. The third kappa shape index (κ3) is 2.59. The van der Waals surface area contributed by atoms with Gasteiger partial charge in [0.2, 0.25) is 0 Å². The largest absolute Gasteiger partial charge is 0.248 e. The van der Waals surface area contributed by atoms with Crippen molar-refractivity contribution < 1.29 is 0 Å². The van der Waals surface area contributed by atoms with Gasteiger partial charge in [-0.05, 0) is 54.3 Å². The van der Waals surface area contributed by atoms with Crippen LogP contribution < -0.4 is 0 Å². The zero-order chi connectivity index (χ0) is 16.5. The lowest BCUT2D eigenvalue weighted by molar-refractivity contribution is 1.33. The summed E-state index contributed by atoms with van der Waals surface area (Å²) in [5.41, 5.74) is 8.27. The minimum absolute atomic E-state index is 1.04. The van der Waals surface area contributed by atoms with Gasteiger partial charge in [-0.25, -0.2) is 4.98 Å². The molecule has 0 bridgehead atoms. The van der Waals surface area contributed by atoms with Gasteiger partial charge < -0.3 is 0 Å². The first-order chi connectivity index (χ1) is 11.7. The molecule has 24 heavy (non-hydrogen) atoms. The Morgan fingerprint density at radius 1 is 0.625 bits per heavy atom. The average molecular weight is 309 g/mol. The van der Waals surface area contributed by atoms with Crippen molar-refractivity contribution in [3.63, 3.8) is 0 Å². The number of hydrogen-bond acceptors (Lipinski definition) is 1. The van der Waals surface area contributed by atoms with Crippen molar-refractivity contribution in [1.82, 2.24) is 4.98 Å². The lowest BCUT2D eigenvalue weighted by atomic mass is 9.96. The van der Waals surface area contributed by atoms with E-state index in [0.29, 0.717) is 0 Å². The predicted molar refractivity (Wildman–Crippen MR) is 102 cm³/mol. The normalized spacial score (nSPS) is 10.9. The van der Waals surface area contributed by atoms with Crippen LogP contribution in [0.15, 0.2) is 78.9 Å². The zero-order valence-electron chi connectivity index (χ0n) is 14.0. The zero-order valence-corrected chi connectivity index (χ0v) is 14.0. The summed E-state index contributed by atoms with van der Waals surface area (Å²) in [6, 6.07) is 27.7. The molecule has 0 fully saturated rings. The van der Waals surface area contributed by atoms with Crippen molar-refractivity contribution in [3.8, 4) is 22.4 Å². The number of pyridine rings is 1. The molecule has 116 valence electrons. The summed E-state index contributed by atoms with van der Waals surface area (Å²) in [5, 5.41) is 1.19. The van der Waals surface area contributed by atoms with Crippen LogP contribution in [-0.2, 0) is 0 Å². The number of benzene rings is 3. The molecule has 0 N–H and O–H groups in total. The molecule has 0 aliphatic heterocycles. The minimum Gasteiger partial charge on any atom is -0.248 e. The van der Waals surface area contributed by atoms with Crippen molar-refractivity contribution in [3.05, 3.63) is 90.0 Å². The van der Waals surface area contributed by atoms with Crippen molar-refractivity contribution >= 4 is 10.9 Å². The Bertz CT molecular complexity index is 1030. The van der Waals surface area contributed by atoms with Crippen LogP contribution in [0, 0.1) is 13.8 Å². The molecule has 0 atom stereocenters. The molecule has 0 saturated carbocycles. The van der Waals surface area contributed by atoms with E-state index in [1.54, 1.807) is 0 Å². The van der Waals surface area contributed by atoms with Crippen LogP contribution in [0.25, 0.3) is 33.3 Å². The first kappa shape index (κ1) is 14.6. The quantitative estimate of drug-likeness (QED) is 0.430. The van der Waals surface area contributed by atoms with E-state index in [1.807, 2.05) is 6.07 Å². The molecule has 0 spiro atoms. The molecule has 0 amide bonds. The molecule has 1 nitrogen and oxygen atoms in total. The first-order valence-corrected chi connectivity index (χ1v) is 8.25. The van der Waals surface area contributed by atoms with Gasteiger partial charge in [-0.2, -0.15) is 0 Å². The molecule has 1 heterocycles. The van der Waals surface area contributed by atoms with Crippen LogP contribution in [0.2, 0.25) is 0 Å². The molecule has 0 unspecified atom stereocenters. The summed E-state index contributed by atoms with van der Waals surface area (Å²) >= 11 is 0. The van der Waals surface area contributed by atoms with Crippen molar-refractivity contribution in [2.75, 3.05) is 0 Å². The van der Waals surface area contributed by atoms with Gasteiger partial charge in [-0.15, -0.1) is 0 Å². The van der Waals surface area contributed by atoms with E-state index in [0.717, 1.165) is 11.2 Å². The van der Waals surface area contributed by atoms with Crippen molar-refractivity contribution in [2.24, 2.45) is 0 Å². The van der Waals surface area contributed by atoms with Gasteiger partial charge >= 0.3 is 0 Å². The summed E-state index contributed by atoms with van der Waals surface area (Å²) in [6.45, 7) is 4.29. The molecule has 4 aromatic rings. The standard InChI is InChI=1S/C23H19N/c1-16-8-3-5-12-21(16)18-10-7-11-20(15-18)23-17(2)14-19-9-4-6-13-22(19)24-23/h3-15H,1-2H3. The average Bonchev–Trinajstić information content (AvgIpc) is 2.61. The fourth-order valence-corrected chi connectivity index (χ4v) is 3.24. The first-order valence-electron chi connectivity index (χ1n) is 8.25. The van der Waals surface area contributed by atoms with Gasteiger partial charge in [0, 0.05) is 10.9 Å². The Morgan fingerprint density at radius 2 is 1.38 bits per heavy atom. The predicted octanol–water partition coefficient (Wildman–Crippen LogP) is 6.19. The van der Waals surface area contributed by atoms with Crippen LogP contribution >= 0.6 is 0 Å². The third-order valence-corrected chi connectivity index (χ3v) is 4.51.